The Morgan fingerprint density at radius 1 is 1.17 bits per heavy atom. The number of carbonyl (C=O) groups excluding carboxylic acids is 2. The molecule has 0 radical (unpaired) electrons. The van der Waals surface area contributed by atoms with Crippen LogP contribution in [0.1, 0.15) is 65.7 Å². The Morgan fingerprint density at radius 2 is 1.96 bits per heavy atom. The van der Waals surface area contributed by atoms with Crippen LogP contribution in [0.5, 0.6) is 0 Å². The number of rotatable bonds is 1. The molecule has 0 N–H and O–H groups in total. The molecule has 1 saturated heterocycles. The van der Waals surface area contributed by atoms with Crippen LogP contribution in [0.3, 0.4) is 0 Å². The number of fused-ring (bicyclic) bond motifs is 7. The van der Waals surface area contributed by atoms with E-state index < -0.39 is 5.60 Å². The van der Waals surface area contributed by atoms with E-state index in [1.54, 1.807) is 6.92 Å². The van der Waals surface area contributed by atoms with Crippen molar-refractivity contribution in [3.63, 3.8) is 0 Å². The van der Waals surface area contributed by atoms with Gasteiger partial charge in [-0.1, -0.05) is 19.4 Å². The second-order valence-corrected chi connectivity index (χ2v) is 9.56. The number of carbonyl (C=O) groups is 2. The number of allylic oxidation sites excluding steroid dienone is 1. The van der Waals surface area contributed by atoms with Crippen LogP contribution in [-0.4, -0.2) is 23.3 Å². The first-order valence-corrected chi connectivity index (χ1v) is 9.76. The van der Waals surface area contributed by atoms with E-state index in [0.717, 1.165) is 25.7 Å². The van der Waals surface area contributed by atoms with Crippen LogP contribution in [0, 0.1) is 28.6 Å². The third-order valence-corrected chi connectivity index (χ3v) is 8.92. The minimum absolute atomic E-state index is 0.0345. The topological polar surface area (TPSA) is 46.7 Å². The number of Topliss-reactive ketones (excluding diaryl/α,β-unsaturated/α-hetero) is 1. The summed E-state index contributed by atoms with van der Waals surface area (Å²) in [5, 5.41) is 0. The molecule has 3 saturated carbocycles. The minimum Gasteiger partial charge on any atom is -0.357 e. The lowest BCUT2D eigenvalue weighted by Gasteiger charge is -2.58. The summed E-state index contributed by atoms with van der Waals surface area (Å²) in [5.74, 6) is 2.58. The molecule has 7 atom stereocenters. The van der Waals surface area contributed by atoms with Crippen molar-refractivity contribution >= 4 is 11.6 Å². The summed E-state index contributed by atoms with van der Waals surface area (Å²) in [5.41, 5.74) is 1.22. The number of hydrogen-bond donors (Lipinski definition) is 0. The normalized spacial score (nSPS) is 55.0. The highest BCUT2D eigenvalue weighted by Crippen LogP contribution is 2.73. The van der Waals surface area contributed by atoms with E-state index in [4.69, 9.17) is 4.74 Å². The van der Waals surface area contributed by atoms with Crippen LogP contribution >= 0.6 is 0 Å². The SMILES string of the molecule is CC(=O)[C@]12O[C@@H]1C[C@@H]1[C@H]3CCC4=CC(=O)CC[C@]4(C)[C@@H]3CC[C@]12C. The monoisotopic (exact) mass is 328 g/mol. The van der Waals surface area contributed by atoms with Crippen molar-refractivity contribution < 1.29 is 14.3 Å². The molecule has 0 unspecified atom stereocenters. The summed E-state index contributed by atoms with van der Waals surface area (Å²) >= 11 is 0. The number of epoxide rings is 1. The van der Waals surface area contributed by atoms with Gasteiger partial charge in [0, 0.05) is 11.8 Å². The van der Waals surface area contributed by atoms with Crippen LogP contribution in [0.2, 0.25) is 0 Å². The average molecular weight is 328 g/mol. The van der Waals surface area contributed by atoms with E-state index in [9.17, 15) is 9.59 Å². The summed E-state index contributed by atoms with van der Waals surface area (Å²) < 4.78 is 5.99. The minimum atomic E-state index is -0.456. The van der Waals surface area contributed by atoms with Crippen LogP contribution in [0.15, 0.2) is 11.6 Å². The van der Waals surface area contributed by atoms with Gasteiger partial charge in [-0.15, -0.1) is 0 Å². The second kappa shape index (κ2) is 4.41. The Labute approximate surface area is 144 Å². The van der Waals surface area contributed by atoms with Crippen molar-refractivity contribution in [1.29, 1.82) is 0 Å². The number of ketones is 2. The number of ether oxygens (including phenoxy) is 1. The van der Waals surface area contributed by atoms with Gasteiger partial charge in [-0.3, -0.25) is 9.59 Å². The van der Waals surface area contributed by atoms with Crippen LogP contribution in [-0.2, 0) is 14.3 Å². The van der Waals surface area contributed by atoms with Gasteiger partial charge in [0.05, 0.1) is 6.10 Å². The van der Waals surface area contributed by atoms with Gasteiger partial charge in [0.2, 0.25) is 0 Å². The van der Waals surface area contributed by atoms with Crippen molar-refractivity contribution in [1.82, 2.24) is 0 Å². The Bertz CT molecular complexity index is 679. The van der Waals surface area contributed by atoms with Crippen molar-refractivity contribution in [2.75, 3.05) is 0 Å². The van der Waals surface area contributed by atoms with Crippen molar-refractivity contribution in [2.45, 2.75) is 77.4 Å². The molecule has 3 nitrogen and oxygen atoms in total. The van der Waals surface area contributed by atoms with Crippen LogP contribution < -0.4 is 0 Å². The van der Waals surface area contributed by atoms with Crippen LogP contribution in [0.25, 0.3) is 0 Å². The van der Waals surface area contributed by atoms with Crippen molar-refractivity contribution in [3.05, 3.63) is 11.6 Å². The lowest BCUT2D eigenvalue weighted by atomic mass is 9.46. The fraction of sp³-hybridized carbons (Fsp3) is 0.810. The Kier molecular flexibility index (Phi) is 2.81. The zero-order chi connectivity index (χ0) is 16.9. The Morgan fingerprint density at radius 3 is 2.71 bits per heavy atom. The first-order chi connectivity index (χ1) is 11.3. The largest absolute Gasteiger partial charge is 0.357 e. The van der Waals surface area contributed by atoms with E-state index in [1.807, 2.05) is 6.08 Å². The molecule has 4 aliphatic carbocycles. The predicted octanol–water partition coefficient (Wildman–Crippen LogP) is 3.85. The van der Waals surface area contributed by atoms with Crippen molar-refractivity contribution in [3.8, 4) is 0 Å². The molecule has 0 aromatic heterocycles. The second-order valence-electron chi connectivity index (χ2n) is 9.56. The molecule has 5 aliphatic rings. The maximum absolute atomic E-state index is 12.4. The highest BCUT2D eigenvalue weighted by molar-refractivity contribution is 5.92. The fourth-order valence-corrected chi connectivity index (χ4v) is 7.62. The molecule has 0 spiro atoms. The molecule has 0 aromatic rings. The first kappa shape index (κ1) is 15.3. The summed E-state index contributed by atoms with van der Waals surface area (Å²) in [6.45, 7) is 6.48. The molecule has 1 aliphatic heterocycles. The summed E-state index contributed by atoms with van der Waals surface area (Å²) in [6.07, 6.45) is 9.53. The Balaban J connectivity index is 1.52. The van der Waals surface area contributed by atoms with E-state index >= 15 is 0 Å². The fourth-order valence-electron chi connectivity index (χ4n) is 7.62. The first-order valence-electron chi connectivity index (χ1n) is 9.76. The van der Waals surface area contributed by atoms with Gasteiger partial charge < -0.3 is 4.74 Å². The number of hydrogen-bond acceptors (Lipinski definition) is 3. The lowest BCUT2D eigenvalue weighted by molar-refractivity contribution is -0.136. The van der Waals surface area contributed by atoms with Gasteiger partial charge in [0.1, 0.15) is 0 Å². The average Bonchev–Trinajstić information content (AvgIpc) is 3.21. The van der Waals surface area contributed by atoms with Gasteiger partial charge in [-0.2, -0.15) is 0 Å². The summed E-state index contributed by atoms with van der Waals surface area (Å²) in [4.78, 5) is 24.3. The molecule has 130 valence electrons. The van der Waals surface area contributed by atoms with E-state index in [0.29, 0.717) is 30.0 Å². The molecule has 3 heteroatoms. The van der Waals surface area contributed by atoms with Gasteiger partial charge >= 0.3 is 0 Å². The zero-order valence-electron chi connectivity index (χ0n) is 15.1. The molecule has 0 amide bonds. The van der Waals surface area contributed by atoms with Gasteiger partial charge in [0.15, 0.2) is 17.2 Å². The van der Waals surface area contributed by atoms with Crippen LogP contribution in [0.4, 0.5) is 0 Å². The van der Waals surface area contributed by atoms with Crippen molar-refractivity contribution in [2.24, 2.45) is 28.6 Å². The predicted molar refractivity (Wildman–Crippen MR) is 90.4 cm³/mol. The molecule has 0 aromatic carbocycles. The maximum Gasteiger partial charge on any atom is 0.164 e. The van der Waals surface area contributed by atoms with Gasteiger partial charge in [-0.05, 0) is 74.7 Å². The summed E-state index contributed by atoms with van der Waals surface area (Å²) in [7, 11) is 0. The molecule has 24 heavy (non-hydrogen) atoms. The molecular formula is C21H28O3. The maximum atomic E-state index is 12.4. The van der Waals surface area contributed by atoms with E-state index in [1.165, 1.54) is 18.4 Å². The lowest BCUT2D eigenvalue weighted by Crippen LogP contribution is -2.54. The Hall–Kier alpha value is -0.960. The molecular weight excluding hydrogens is 300 g/mol. The molecule has 0 bridgehead atoms. The zero-order valence-corrected chi connectivity index (χ0v) is 15.1. The smallest absolute Gasteiger partial charge is 0.164 e. The highest BCUT2D eigenvalue weighted by atomic mass is 16.6. The van der Waals surface area contributed by atoms with Gasteiger partial charge in [-0.25, -0.2) is 0 Å². The summed E-state index contributed by atoms with van der Waals surface area (Å²) in [6, 6.07) is 0. The van der Waals surface area contributed by atoms with E-state index in [2.05, 4.69) is 13.8 Å². The third-order valence-electron chi connectivity index (χ3n) is 8.92. The quantitative estimate of drug-likeness (QED) is 0.687. The standard InChI is InChI=1S/C21H28O3/c1-12(22)21-18(24-21)11-17-15-5-4-13-10-14(23)6-8-19(13,2)16(15)7-9-20(17,21)3/h10,15-18H,4-9,11H2,1-3H3/t15-,16+,17+,18+,19-,20+,21-/m0/s1. The molecule has 1 heterocycles. The van der Waals surface area contributed by atoms with E-state index in [-0.39, 0.29) is 22.7 Å². The highest BCUT2D eigenvalue weighted by Gasteiger charge is 2.79. The van der Waals surface area contributed by atoms with Gasteiger partial charge in [0.25, 0.3) is 0 Å². The molecule has 5 rings (SSSR count). The molecule has 4 fully saturated rings. The third kappa shape index (κ3) is 1.54.